The molecule has 0 saturated heterocycles. The monoisotopic (exact) mass is 266 g/mol. The van der Waals surface area contributed by atoms with Gasteiger partial charge in [0.1, 0.15) is 11.4 Å². The van der Waals surface area contributed by atoms with Crippen LogP contribution in [0.25, 0.3) is 0 Å². The van der Waals surface area contributed by atoms with Gasteiger partial charge in [0, 0.05) is 21.3 Å². The summed E-state index contributed by atoms with van der Waals surface area (Å²) >= 11 is 0. The smallest absolute Gasteiger partial charge is 0.188 e. The quantitative estimate of drug-likeness (QED) is 0.742. The van der Waals surface area contributed by atoms with E-state index in [0.29, 0.717) is 0 Å². The maximum atomic E-state index is 5.84. The van der Waals surface area contributed by atoms with Gasteiger partial charge >= 0.3 is 0 Å². The van der Waals surface area contributed by atoms with Crippen LogP contribution in [0.15, 0.2) is 24.3 Å². The standard InChI is InChI=1S/C15H22O4/c1-16-11-19-13-7-4-6-12(10-13)15(18-3)9-5-8-14(15)17-2/h4,6-7,10,14H,5,8-9,11H2,1-3H3/t14-,15+/m0/s1. The molecule has 19 heavy (non-hydrogen) atoms. The van der Waals surface area contributed by atoms with Crippen molar-refractivity contribution in [3.05, 3.63) is 29.8 Å². The summed E-state index contributed by atoms with van der Waals surface area (Å²) in [6.07, 6.45) is 3.19. The molecule has 4 nitrogen and oxygen atoms in total. The van der Waals surface area contributed by atoms with Crippen molar-refractivity contribution in [3.8, 4) is 5.75 Å². The topological polar surface area (TPSA) is 36.9 Å². The van der Waals surface area contributed by atoms with Gasteiger partial charge in [0.15, 0.2) is 6.79 Å². The first kappa shape index (κ1) is 14.3. The summed E-state index contributed by atoms with van der Waals surface area (Å²) in [6, 6.07) is 7.98. The van der Waals surface area contributed by atoms with Crippen LogP contribution >= 0.6 is 0 Å². The fourth-order valence-electron chi connectivity index (χ4n) is 2.91. The third-order valence-electron chi connectivity index (χ3n) is 3.85. The highest BCUT2D eigenvalue weighted by Crippen LogP contribution is 2.44. The van der Waals surface area contributed by atoms with Crippen LogP contribution in [0.3, 0.4) is 0 Å². The molecular formula is C15H22O4. The second-order valence-electron chi connectivity index (χ2n) is 4.79. The zero-order chi connectivity index (χ0) is 13.7. The summed E-state index contributed by atoms with van der Waals surface area (Å²) in [7, 11) is 5.10. The van der Waals surface area contributed by atoms with E-state index in [1.54, 1.807) is 21.3 Å². The largest absolute Gasteiger partial charge is 0.468 e. The number of rotatable bonds is 6. The second-order valence-corrected chi connectivity index (χ2v) is 4.79. The van der Waals surface area contributed by atoms with Gasteiger partial charge in [-0.05, 0) is 37.0 Å². The molecule has 0 N–H and O–H groups in total. The average Bonchev–Trinajstić information content (AvgIpc) is 2.89. The van der Waals surface area contributed by atoms with Crippen LogP contribution in [0.2, 0.25) is 0 Å². The van der Waals surface area contributed by atoms with E-state index < -0.39 is 0 Å². The Bertz CT molecular complexity index is 407. The highest BCUT2D eigenvalue weighted by atomic mass is 16.7. The third kappa shape index (κ3) is 2.76. The van der Waals surface area contributed by atoms with E-state index in [2.05, 4.69) is 6.07 Å². The molecule has 1 aromatic carbocycles. The lowest BCUT2D eigenvalue weighted by molar-refractivity contribution is -0.104. The Labute approximate surface area is 114 Å². The number of methoxy groups -OCH3 is 3. The highest BCUT2D eigenvalue weighted by Gasteiger charge is 2.45. The van der Waals surface area contributed by atoms with Crippen LogP contribution < -0.4 is 4.74 Å². The van der Waals surface area contributed by atoms with Gasteiger partial charge in [-0.1, -0.05) is 12.1 Å². The van der Waals surface area contributed by atoms with Gasteiger partial charge in [0.2, 0.25) is 0 Å². The van der Waals surface area contributed by atoms with E-state index in [4.69, 9.17) is 18.9 Å². The van der Waals surface area contributed by atoms with E-state index >= 15 is 0 Å². The lowest BCUT2D eigenvalue weighted by atomic mass is 9.89. The molecule has 0 aromatic heterocycles. The van der Waals surface area contributed by atoms with Gasteiger partial charge in [-0.15, -0.1) is 0 Å². The Hall–Kier alpha value is -1.10. The predicted molar refractivity (Wildman–Crippen MR) is 72.3 cm³/mol. The van der Waals surface area contributed by atoms with Crippen LogP contribution in [0.4, 0.5) is 0 Å². The van der Waals surface area contributed by atoms with Crippen LogP contribution in [0.5, 0.6) is 5.75 Å². The molecule has 2 rings (SSSR count). The molecule has 0 unspecified atom stereocenters. The summed E-state index contributed by atoms with van der Waals surface area (Å²) in [4.78, 5) is 0. The normalized spacial score (nSPS) is 26.6. The van der Waals surface area contributed by atoms with Gasteiger partial charge in [-0.2, -0.15) is 0 Å². The molecule has 2 atom stereocenters. The lowest BCUT2D eigenvalue weighted by Gasteiger charge is -2.34. The Morgan fingerprint density at radius 2 is 2.11 bits per heavy atom. The van der Waals surface area contributed by atoms with E-state index in [0.717, 1.165) is 30.6 Å². The average molecular weight is 266 g/mol. The molecular weight excluding hydrogens is 244 g/mol. The Kier molecular flexibility index (Phi) is 4.80. The molecule has 4 heteroatoms. The molecule has 106 valence electrons. The summed E-state index contributed by atoms with van der Waals surface area (Å²) in [5.74, 6) is 0.789. The van der Waals surface area contributed by atoms with Gasteiger partial charge in [0.05, 0.1) is 6.10 Å². The fraction of sp³-hybridized carbons (Fsp3) is 0.600. The highest BCUT2D eigenvalue weighted by molar-refractivity contribution is 5.34. The van der Waals surface area contributed by atoms with Crippen molar-refractivity contribution in [2.75, 3.05) is 28.1 Å². The maximum absolute atomic E-state index is 5.84. The van der Waals surface area contributed by atoms with Gasteiger partial charge in [0.25, 0.3) is 0 Å². The van der Waals surface area contributed by atoms with Gasteiger partial charge in [-0.25, -0.2) is 0 Å². The van der Waals surface area contributed by atoms with Crippen molar-refractivity contribution in [2.24, 2.45) is 0 Å². The van der Waals surface area contributed by atoms with Crippen molar-refractivity contribution in [2.45, 2.75) is 31.0 Å². The molecule has 0 bridgehead atoms. The van der Waals surface area contributed by atoms with Crippen LogP contribution in [-0.2, 0) is 19.8 Å². The number of benzene rings is 1. The van der Waals surface area contributed by atoms with Crippen molar-refractivity contribution < 1.29 is 18.9 Å². The van der Waals surface area contributed by atoms with Crippen molar-refractivity contribution >= 4 is 0 Å². The van der Waals surface area contributed by atoms with Crippen LogP contribution in [0.1, 0.15) is 24.8 Å². The molecule has 1 aromatic rings. The van der Waals surface area contributed by atoms with Crippen LogP contribution in [0, 0.1) is 0 Å². The van der Waals surface area contributed by atoms with E-state index in [1.807, 2.05) is 18.2 Å². The van der Waals surface area contributed by atoms with Gasteiger partial charge < -0.3 is 18.9 Å². The summed E-state index contributed by atoms with van der Waals surface area (Å²) < 4.78 is 21.9. The molecule has 1 fully saturated rings. The minimum absolute atomic E-state index is 0.0928. The van der Waals surface area contributed by atoms with E-state index in [9.17, 15) is 0 Å². The predicted octanol–water partition coefficient (Wildman–Crippen LogP) is 2.71. The minimum atomic E-state index is -0.360. The second kappa shape index (κ2) is 6.37. The van der Waals surface area contributed by atoms with E-state index in [1.165, 1.54) is 0 Å². The summed E-state index contributed by atoms with van der Waals surface area (Å²) in [5.41, 5.74) is 0.745. The SMILES string of the molecule is COCOc1cccc([C@]2(OC)CCC[C@@H]2OC)c1. The molecule has 1 aliphatic carbocycles. The fourth-order valence-corrected chi connectivity index (χ4v) is 2.91. The zero-order valence-corrected chi connectivity index (χ0v) is 11.8. The number of hydrogen-bond donors (Lipinski definition) is 0. The van der Waals surface area contributed by atoms with E-state index in [-0.39, 0.29) is 18.5 Å². The summed E-state index contributed by atoms with van der Waals surface area (Å²) in [6.45, 7) is 0.247. The van der Waals surface area contributed by atoms with Crippen molar-refractivity contribution in [1.82, 2.24) is 0 Å². The molecule has 0 radical (unpaired) electrons. The lowest BCUT2D eigenvalue weighted by Crippen LogP contribution is -2.37. The molecule has 0 amide bonds. The first-order valence-corrected chi connectivity index (χ1v) is 6.57. The first-order chi connectivity index (χ1) is 9.26. The van der Waals surface area contributed by atoms with Crippen LogP contribution in [-0.4, -0.2) is 34.2 Å². The first-order valence-electron chi connectivity index (χ1n) is 6.57. The van der Waals surface area contributed by atoms with Gasteiger partial charge in [-0.3, -0.25) is 0 Å². The molecule has 0 heterocycles. The molecule has 0 spiro atoms. The third-order valence-corrected chi connectivity index (χ3v) is 3.85. The molecule has 1 saturated carbocycles. The Balaban J connectivity index is 2.27. The Morgan fingerprint density at radius 1 is 1.26 bits per heavy atom. The summed E-state index contributed by atoms with van der Waals surface area (Å²) in [5, 5.41) is 0. The Morgan fingerprint density at radius 3 is 2.79 bits per heavy atom. The number of hydrogen-bond acceptors (Lipinski definition) is 4. The number of ether oxygens (including phenoxy) is 4. The maximum Gasteiger partial charge on any atom is 0.188 e. The minimum Gasteiger partial charge on any atom is -0.468 e. The molecule has 1 aliphatic rings. The molecule has 0 aliphatic heterocycles. The van der Waals surface area contributed by atoms with Crippen molar-refractivity contribution in [1.29, 1.82) is 0 Å². The van der Waals surface area contributed by atoms with Crippen molar-refractivity contribution in [3.63, 3.8) is 0 Å². The zero-order valence-electron chi connectivity index (χ0n) is 11.8.